The number of carboxylic acids is 1. The van der Waals surface area contributed by atoms with Gasteiger partial charge in [0.25, 0.3) is 5.56 Å². The van der Waals surface area contributed by atoms with Crippen molar-refractivity contribution >= 4 is 5.97 Å². The van der Waals surface area contributed by atoms with Crippen molar-refractivity contribution in [3.8, 4) is 5.75 Å². The molecule has 6 nitrogen and oxygen atoms in total. The largest absolute Gasteiger partial charge is 0.505 e. The Morgan fingerprint density at radius 3 is 2.64 bits per heavy atom. The molecule has 1 heterocycles. The second-order valence-electron chi connectivity index (χ2n) is 1.76. The molecule has 6 heteroatoms. The molecular weight excluding hydrogens is 152 g/mol. The number of H-pyrrole nitrogens is 1. The van der Waals surface area contributed by atoms with Crippen molar-refractivity contribution in [3.05, 3.63) is 22.1 Å². The van der Waals surface area contributed by atoms with Gasteiger partial charge in [0.2, 0.25) is 0 Å². The maximum Gasteiger partial charge on any atom is 0.345 e. The molecule has 11 heavy (non-hydrogen) atoms. The zero-order valence-corrected chi connectivity index (χ0v) is 5.24. The monoisotopic (exact) mass is 156 g/mol. The maximum absolute atomic E-state index is 10.6. The highest BCUT2D eigenvalue weighted by molar-refractivity contribution is 5.89. The molecule has 0 aliphatic heterocycles. The molecule has 58 valence electrons. The topological polar surface area (TPSA) is 103 Å². The number of nitrogens with one attached hydrogen (secondary N) is 1. The minimum absolute atomic E-state index is 0.638. The summed E-state index contributed by atoms with van der Waals surface area (Å²) in [6.45, 7) is 0. The van der Waals surface area contributed by atoms with Crippen molar-refractivity contribution in [2.75, 3.05) is 0 Å². The highest BCUT2D eigenvalue weighted by atomic mass is 16.4. The van der Waals surface area contributed by atoms with E-state index in [4.69, 9.17) is 10.2 Å². The van der Waals surface area contributed by atoms with E-state index in [-0.39, 0.29) is 0 Å². The lowest BCUT2D eigenvalue weighted by molar-refractivity contribution is 0.0691. The fourth-order valence-corrected chi connectivity index (χ4v) is 0.595. The standard InChI is InChI=1S/C5H4N2O4/c8-2-1-6-7-4(9)3(2)5(10)11/h1H,(H,10,11)(H2,7,8,9). The zero-order chi connectivity index (χ0) is 8.43. The van der Waals surface area contributed by atoms with E-state index in [0.29, 0.717) is 0 Å². The van der Waals surface area contributed by atoms with Crippen LogP contribution in [-0.4, -0.2) is 26.4 Å². The van der Waals surface area contributed by atoms with Crippen molar-refractivity contribution in [3.63, 3.8) is 0 Å². The first-order valence-electron chi connectivity index (χ1n) is 2.63. The smallest absolute Gasteiger partial charge is 0.345 e. The van der Waals surface area contributed by atoms with Gasteiger partial charge in [-0.2, -0.15) is 5.10 Å². The number of carbonyl (C=O) groups is 1. The molecule has 0 bridgehead atoms. The van der Waals surface area contributed by atoms with Gasteiger partial charge in [-0.05, 0) is 0 Å². The Hall–Kier alpha value is -1.85. The highest BCUT2D eigenvalue weighted by Crippen LogP contribution is 2.07. The summed E-state index contributed by atoms with van der Waals surface area (Å²) in [7, 11) is 0. The SMILES string of the molecule is O=C(O)c1c(O)cn[nH]c1=O. The van der Waals surface area contributed by atoms with Crippen LogP contribution in [0.4, 0.5) is 0 Å². The number of nitrogens with zero attached hydrogens (tertiary/aromatic N) is 1. The summed E-state index contributed by atoms with van der Waals surface area (Å²) in [5.74, 6) is -2.12. The van der Waals surface area contributed by atoms with Crippen LogP contribution in [0, 0.1) is 0 Å². The normalized spacial score (nSPS) is 9.45. The van der Waals surface area contributed by atoms with Gasteiger partial charge in [-0.15, -0.1) is 0 Å². The Kier molecular flexibility index (Phi) is 1.59. The minimum Gasteiger partial charge on any atom is -0.505 e. The van der Waals surface area contributed by atoms with Crippen molar-refractivity contribution in [2.45, 2.75) is 0 Å². The zero-order valence-electron chi connectivity index (χ0n) is 5.24. The number of carboxylic acid groups (broad SMARTS) is 1. The summed E-state index contributed by atoms with van der Waals surface area (Å²) < 4.78 is 0. The molecule has 0 amide bonds. The molecule has 1 aromatic rings. The van der Waals surface area contributed by atoms with E-state index in [1.807, 2.05) is 5.10 Å². The maximum atomic E-state index is 10.6. The molecule has 0 aliphatic rings. The lowest BCUT2D eigenvalue weighted by atomic mass is 10.3. The number of aromatic amines is 1. The van der Waals surface area contributed by atoms with Crippen LogP contribution in [0.25, 0.3) is 0 Å². The molecule has 3 N–H and O–H groups in total. The second kappa shape index (κ2) is 2.41. The Morgan fingerprint density at radius 2 is 2.27 bits per heavy atom. The van der Waals surface area contributed by atoms with E-state index in [9.17, 15) is 9.59 Å². The average molecular weight is 156 g/mol. The third-order valence-corrected chi connectivity index (χ3v) is 1.05. The second-order valence-corrected chi connectivity index (χ2v) is 1.76. The number of aromatic hydroxyl groups is 1. The molecule has 1 rings (SSSR count). The molecule has 0 unspecified atom stereocenters. The van der Waals surface area contributed by atoms with Crippen LogP contribution in [0.5, 0.6) is 5.75 Å². The molecule has 1 aromatic heterocycles. The molecule has 0 fully saturated rings. The summed E-state index contributed by atoms with van der Waals surface area (Å²) in [6.07, 6.45) is 0.852. The predicted octanol–water partition coefficient (Wildman–Crippen LogP) is -0.826. The number of hydrogen-bond acceptors (Lipinski definition) is 4. The molecule has 0 aromatic carbocycles. The molecule has 0 aliphatic carbocycles. The van der Waals surface area contributed by atoms with Crippen LogP contribution >= 0.6 is 0 Å². The van der Waals surface area contributed by atoms with Gasteiger partial charge in [0.15, 0.2) is 11.3 Å². The molecular formula is C5H4N2O4. The van der Waals surface area contributed by atoms with Crippen LogP contribution < -0.4 is 5.56 Å². The lowest BCUT2D eigenvalue weighted by Gasteiger charge is -1.93. The highest BCUT2D eigenvalue weighted by Gasteiger charge is 2.13. The van der Waals surface area contributed by atoms with Gasteiger partial charge in [0.1, 0.15) is 0 Å². The minimum atomic E-state index is -1.48. The number of rotatable bonds is 1. The Bertz CT molecular complexity index is 343. The molecule has 0 atom stereocenters. The Balaban J connectivity index is 3.45. The third-order valence-electron chi connectivity index (χ3n) is 1.05. The van der Waals surface area contributed by atoms with Gasteiger partial charge in [0, 0.05) is 0 Å². The van der Waals surface area contributed by atoms with Crippen LogP contribution in [0.15, 0.2) is 11.0 Å². The first kappa shape index (κ1) is 7.26. The van der Waals surface area contributed by atoms with Crippen LogP contribution in [0.3, 0.4) is 0 Å². The summed E-state index contributed by atoms with van der Waals surface area (Å²) in [4.78, 5) is 20.9. The van der Waals surface area contributed by atoms with E-state index in [1.165, 1.54) is 0 Å². The van der Waals surface area contributed by atoms with Gasteiger partial charge in [-0.25, -0.2) is 9.89 Å². The van der Waals surface area contributed by atoms with Crippen molar-refractivity contribution in [1.29, 1.82) is 0 Å². The summed E-state index contributed by atoms with van der Waals surface area (Å²) >= 11 is 0. The van der Waals surface area contributed by atoms with E-state index < -0.39 is 22.8 Å². The average Bonchev–Trinajstić information content (AvgIpc) is 1.85. The van der Waals surface area contributed by atoms with Crippen molar-refractivity contribution in [1.82, 2.24) is 10.2 Å². The van der Waals surface area contributed by atoms with Gasteiger partial charge >= 0.3 is 5.97 Å². The fraction of sp³-hybridized carbons (Fsp3) is 0. The summed E-state index contributed by atoms with van der Waals surface area (Å²) in [5.41, 5.74) is -1.61. The molecule has 0 saturated heterocycles. The van der Waals surface area contributed by atoms with Crippen LogP contribution in [0.1, 0.15) is 10.4 Å². The van der Waals surface area contributed by atoms with Crippen LogP contribution in [0.2, 0.25) is 0 Å². The van der Waals surface area contributed by atoms with E-state index in [2.05, 4.69) is 5.10 Å². The Labute approximate surface area is 60.1 Å². The number of hydrogen-bond donors (Lipinski definition) is 3. The first-order chi connectivity index (χ1) is 5.13. The van der Waals surface area contributed by atoms with Gasteiger partial charge in [-0.3, -0.25) is 4.79 Å². The lowest BCUT2D eigenvalue weighted by Crippen LogP contribution is -2.18. The van der Waals surface area contributed by atoms with E-state index >= 15 is 0 Å². The third kappa shape index (κ3) is 1.18. The van der Waals surface area contributed by atoms with E-state index in [1.54, 1.807) is 0 Å². The van der Waals surface area contributed by atoms with Crippen molar-refractivity contribution < 1.29 is 15.0 Å². The number of aromatic carboxylic acids is 1. The molecule has 0 saturated carbocycles. The summed E-state index contributed by atoms with van der Waals surface area (Å²) in [6, 6.07) is 0. The fourth-order valence-electron chi connectivity index (χ4n) is 0.595. The van der Waals surface area contributed by atoms with Crippen LogP contribution in [-0.2, 0) is 0 Å². The summed E-state index contributed by atoms with van der Waals surface area (Å²) in [5, 5.41) is 22.2. The Morgan fingerprint density at radius 1 is 1.64 bits per heavy atom. The molecule has 0 radical (unpaired) electrons. The van der Waals surface area contributed by atoms with Crippen molar-refractivity contribution in [2.24, 2.45) is 0 Å². The predicted molar refractivity (Wildman–Crippen MR) is 33.5 cm³/mol. The van der Waals surface area contributed by atoms with Gasteiger partial charge < -0.3 is 10.2 Å². The van der Waals surface area contributed by atoms with Gasteiger partial charge in [0.05, 0.1) is 6.20 Å². The number of aromatic nitrogens is 2. The first-order valence-corrected chi connectivity index (χ1v) is 2.63. The van der Waals surface area contributed by atoms with Gasteiger partial charge in [-0.1, -0.05) is 0 Å². The van der Waals surface area contributed by atoms with E-state index in [0.717, 1.165) is 6.20 Å². The molecule has 0 spiro atoms. The quantitative estimate of drug-likeness (QED) is 0.492.